The lowest BCUT2D eigenvalue weighted by atomic mass is 10.2. The van der Waals surface area contributed by atoms with Crippen LogP contribution in [0.5, 0.6) is 11.6 Å². The van der Waals surface area contributed by atoms with E-state index in [2.05, 4.69) is 27.1 Å². The Kier molecular flexibility index (Phi) is 3.05. The summed E-state index contributed by atoms with van der Waals surface area (Å²) in [5, 5.41) is 7.48. The zero-order valence-corrected chi connectivity index (χ0v) is 11.0. The maximum absolute atomic E-state index is 5.86. The number of hydrogen-bond donors (Lipinski definition) is 1. The average molecular weight is 275 g/mol. The van der Waals surface area contributed by atoms with Crippen molar-refractivity contribution in [1.82, 2.24) is 20.2 Å². The first-order valence-corrected chi connectivity index (χ1v) is 6.27. The van der Waals surface area contributed by atoms with Crippen molar-refractivity contribution in [2.24, 2.45) is 0 Å². The molecule has 3 aromatic rings. The molecule has 0 amide bonds. The molecule has 0 unspecified atom stereocenters. The van der Waals surface area contributed by atoms with Crippen LogP contribution in [0.25, 0.3) is 11.0 Å². The van der Waals surface area contributed by atoms with Gasteiger partial charge in [-0.25, -0.2) is 0 Å². The van der Waals surface area contributed by atoms with Gasteiger partial charge in [-0.2, -0.15) is 15.1 Å². The summed E-state index contributed by atoms with van der Waals surface area (Å²) < 4.78 is 5.78. The summed E-state index contributed by atoms with van der Waals surface area (Å²) in [5.41, 5.74) is 1.75. The summed E-state index contributed by atoms with van der Waals surface area (Å²) in [7, 11) is 0. The number of fused-ring (bicyclic) bond motifs is 1. The van der Waals surface area contributed by atoms with Gasteiger partial charge in [-0.05, 0) is 35.7 Å². The topological polar surface area (TPSA) is 63.7 Å². The van der Waals surface area contributed by atoms with Gasteiger partial charge in [-0.1, -0.05) is 19.1 Å². The first-order valence-electron chi connectivity index (χ1n) is 5.89. The van der Waals surface area contributed by atoms with Crippen molar-refractivity contribution in [3.8, 4) is 11.6 Å². The number of ether oxygens (including phenoxy) is 1. The van der Waals surface area contributed by atoms with Crippen molar-refractivity contribution in [2.75, 3.05) is 0 Å². The van der Waals surface area contributed by atoms with E-state index >= 15 is 0 Å². The van der Waals surface area contributed by atoms with Gasteiger partial charge in [0.15, 0.2) is 5.65 Å². The van der Waals surface area contributed by atoms with Crippen LogP contribution in [0.15, 0.2) is 30.5 Å². The molecule has 0 bridgehead atoms. The fourth-order valence-corrected chi connectivity index (χ4v) is 1.96. The Morgan fingerprint density at radius 3 is 3.05 bits per heavy atom. The maximum Gasteiger partial charge on any atom is 0.234 e. The fraction of sp³-hybridized carbons (Fsp3) is 0.154. The van der Waals surface area contributed by atoms with Gasteiger partial charge in [-0.15, -0.1) is 0 Å². The molecule has 3 rings (SSSR count). The summed E-state index contributed by atoms with van der Waals surface area (Å²) in [6.07, 6.45) is 2.56. The number of aryl methyl sites for hydroxylation is 1. The van der Waals surface area contributed by atoms with Gasteiger partial charge in [0.25, 0.3) is 0 Å². The molecular weight excluding hydrogens is 264 g/mol. The molecule has 5 nitrogen and oxygen atoms in total. The summed E-state index contributed by atoms with van der Waals surface area (Å²) in [4.78, 5) is 8.12. The molecule has 0 saturated carbocycles. The Hall–Kier alpha value is -2.14. The number of aromatic amines is 1. The number of H-pyrrole nitrogens is 1. The van der Waals surface area contributed by atoms with E-state index in [-0.39, 0.29) is 5.28 Å². The van der Waals surface area contributed by atoms with E-state index in [1.165, 1.54) is 5.56 Å². The number of nitrogens with one attached hydrogen (secondary N) is 1. The smallest absolute Gasteiger partial charge is 0.234 e. The Morgan fingerprint density at radius 1 is 1.32 bits per heavy atom. The number of aromatic nitrogens is 4. The second-order valence-corrected chi connectivity index (χ2v) is 4.37. The van der Waals surface area contributed by atoms with Crippen LogP contribution in [0.2, 0.25) is 5.28 Å². The van der Waals surface area contributed by atoms with Gasteiger partial charge >= 0.3 is 0 Å². The Balaban J connectivity index is 2.02. The molecule has 0 saturated heterocycles. The highest BCUT2D eigenvalue weighted by Gasteiger charge is 2.10. The average Bonchev–Trinajstić information content (AvgIpc) is 2.87. The van der Waals surface area contributed by atoms with Crippen molar-refractivity contribution in [3.63, 3.8) is 0 Å². The minimum Gasteiger partial charge on any atom is -0.438 e. The predicted octanol–water partition coefficient (Wildman–Crippen LogP) is 3.36. The minimum absolute atomic E-state index is 0.124. The third-order valence-corrected chi connectivity index (χ3v) is 2.94. The van der Waals surface area contributed by atoms with Crippen molar-refractivity contribution < 1.29 is 4.74 Å². The molecule has 96 valence electrons. The van der Waals surface area contributed by atoms with Crippen LogP contribution in [-0.4, -0.2) is 20.2 Å². The van der Waals surface area contributed by atoms with Crippen molar-refractivity contribution in [2.45, 2.75) is 13.3 Å². The summed E-state index contributed by atoms with van der Waals surface area (Å²) >= 11 is 5.86. The molecule has 0 spiro atoms. The van der Waals surface area contributed by atoms with E-state index in [4.69, 9.17) is 16.3 Å². The molecule has 0 aliphatic carbocycles. The Morgan fingerprint density at radius 2 is 2.21 bits per heavy atom. The monoisotopic (exact) mass is 274 g/mol. The fourth-order valence-electron chi connectivity index (χ4n) is 1.80. The third kappa shape index (κ3) is 2.37. The molecule has 0 fully saturated rings. The SMILES string of the molecule is CCc1cccc(Oc2nc(Cl)nc3[nH]ncc23)c1. The van der Waals surface area contributed by atoms with E-state index in [0.29, 0.717) is 16.9 Å². The number of rotatable bonds is 3. The molecule has 0 aliphatic rings. The zero-order chi connectivity index (χ0) is 13.2. The van der Waals surface area contributed by atoms with E-state index < -0.39 is 0 Å². The van der Waals surface area contributed by atoms with Gasteiger partial charge < -0.3 is 4.74 Å². The van der Waals surface area contributed by atoms with Crippen LogP contribution in [-0.2, 0) is 6.42 Å². The molecule has 6 heteroatoms. The lowest BCUT2D eigenvalue weighted by molar-refractivity contribution is 0.468. The van der Waals surface area contributed by atoms with Crippen LogP contribution >= 0.6 is 11.6 Å². The van der Waals surface area contributed by atoms with Crippen LogP contribution < -0.4 is 4.74 Å². The van der Waals surface area contributed by atoms with E-state index in [0.717, 1.165) is 12.2 Å². The zero-order valence-electron chi connectivity index (χ0n) is 10.2. The normalized spacial score (nSPS) is 10.8. The minimum atomic E-state index is 0.124. The van der Waals surface area contributed by atoms with E-state index in [1.54, 1.807) is 6.20 Å². The summed E-state index contributed by atoms with van der Waals surface area (Å²) in [6, 6.07) is 7.85. The summed E-state index contributed by atoms with van der Waals surface area (Å²) in [5.74, 6) is 1.12. The van der Waals surface area contributed by atoms with Gasteiger partial charge in [0.2, 0.25) is 11.2 Å². The van der Waals surface area contributed by atoms with Gasteiger partial charge in [0, 0.05) is 0 Å². The van der Waals surface area contributed by atoms with Crippen molar-refractivity contribution in [1.29, 1.82) is 0 Å². The number of hydrogen-bond acceptors (Lipinski definition) is 4. The van der Waals surface area contributed by atoms with E-state index in [9.17, 15) is 0 Å². The van der Waals surface area contributed by atoms with Crippen molar-refractivity contribution >= 4 is 22.6 Å². The summed E-state index contributed by atoms with van der Waals surface area (Å²) in [6.45, 7) is 2.09. The maximum atomic E-state index is 5.86. The molecule has 2 aromatic heterocycles. The molecular formula is C13H11ClN4O. The lowest BCUT2D eigenvalue weighted by Gasteiger charge is -2.06. The molecule has 0 radical (unpaired) electrons. The van der Waals surface area contributed by atoms with Crippen LogP contribution in [0, 0.1) is 0 Å². The molecule has 1 aromatic carbocycles. The second-order valence-electron chi connectivity index (χ2n) is 4.03. The van der Waals surface area contributed by atoms with Crippen molar-refractivity contribution in [3.05, 3.63) is 41.3 Å². The van der Waals surface area contributed by atoms with Gasteiger partial charge in [0.05, 0.1) is 6.20 Å². The van der Waals surface area contributed by atoms with Crippen LogP contribution in [0.4, 0.5) is 0 Å². The quantitative estimate of drug-likeness (QED) is 0.744. The number of halogens is 1. The highest BCUT2D eigenvalue weighted by atomic mass is 35.5. The Bertz CT molecular complexity index is 725. The molecule has 1 N–H and O–H groups in total. The van der Waals surface area contributed by atoms with Crippen LogP contribution in [0.3, 0.4) is 0 Å². The Labute approximate surface area is 114 Å². The standard InChI is InChI=1S/C13H11ClN4O/c1-2-8-4-3-5-9(6-8)19-12-10-7-15-18-11(10)16-13(14)17-12/h3-7H,2H2,1H3,(H,15,16,17,18). The molecule has 0 aliphatic heterocycles. The molecule has 19 heavy (non-hydrogen) atoms. The third-order valence-electron chi connectivity index (χ3n) is 2.77. The largest absolute Gasteiger partial charge is 0.438 e. The van der Waals surface area contributed by atoms with Gasteiger partial charge in [0.1, 0.15) is 11.1 Å². The second kappa shape index (κ2) is 4.85. The van der Waals surface area contributed by atoms with E-state index in [1.807, 2.05) is 24.3 Å². The highest BCUT2D eigenvalue weighted by Crippen LogP contribution is 2.27. The molecule has 2 heterocycles. The predicted molar refractivity (Wildman–Crippen MR) is 72.6 cm³/mol. The first kappa shape index (κ1) is 11.9. The lowest BCUT2D eigenvalue weighted by Crippen LogP contribution is -1.92. The highest BCUT2D eigenvalue weighted by molar-refractivity contribution is 6.28. The molecule has 0 atom stereocenters. The number of benzene rings is 1. The first-order chi connectivity index (χ1) is 9.26. The number of nitrogens with zero attached hydrogens (tertiary/aromatic N) is 3. The van der Waals surface area contributed by atoms with Crippen LogP contribution in [0.1, 0.15) is 12.5 Å². The van der Waals surface area contributed by atoms with Gasteiger partial charge in [-0.3, -0.25) is 5.10 Å².